The van der Waals surface area contributed by atoms with Crippen LogP contribution in [0.5, 0.6) is 0 Å². The number of hydrogen-bond acceptors (Lipinski definition) is 6. The minimum absolute atomic E-state index is 0.0925. The van der Waals surface area contributed by atoms with E-state index in [2.05, 4.69) is 103 Å². The van der Waals surface area contributed by atoms with Crippen molar-refractivity contribution in [1.29, 1.82) is 0 Å². The molecule has 0 fully saturated rings. The first-order valence-corrected chi connectivity index (χ1v) is 12.9. The molecule has 0 saturated carbocycles. The van der Waals surface area contributed by atoms with Crippen molar-refractivity contribution in [2.24, 2.45) is 0 Å². The van der Waals surface area contributed by atoms with E-state index in [-0.39, 0.29) is 12.3 Å². The van der Waals surface area contributed by atoms with Gasteiger partial charge in [-0.15, -0.1) is 0 Å². The summed E-state index contributed by atoms with van der Waals surface area (Å²) in [5.41, 5.74) is 7.05. The highest BCUT2D eigenvalue weighted by atomic mass is 15.3. The number of rotatable bonds is 9. The zero-order valence-electron chi connectivity index (χ0n) is 20.4. The quantitative estimate of drug-likeness (QED) is 0.266. The van der Waals surface area contributed by atoms with Gasteiger partial charge >= 0.3 is 0 Å². The number of unbranched alkanes of at least 4 members (excludes halogenated alkanes) is 3. The first-order chi connectivity index (χ1) is 17.9. The summed E-state index contributed by atoms with van der Waals surface area (Å²) in [4.78, 5) is 14.2. The molecule has 2 aromatic heterocycles. The van der Waals surface area contributed by atoms with Gasteiger partial charge in [-0.25, -0.2) is 0 Å². The first kappa shape index (κ1) is 22.4. The smallest absolute Gasteiger partial charge is 0.143 e. The lowest BCUT2D eigenvalue weighted by Crippen LogP contribution is -2.30. The van der Waals surface area contributed by atoms with E-state index in [4.69, 9.17) is 0 Å². The normalized spacial score (nSPS) is 17.9. The minimum Gasteiger partial charge on any atom is -0.359 e. The van der Waals surface area contributed by atoms with E-state index in [1.165, 1.54) is 35.6 Å². The molecule has 4 aromatic rings. The second-order valence-electron chi connectivity index (χ2n) is 9.44. The molecule has 2 aromatic carbocycles. The van der Waals surface area contributed by atoms with Gasteiger partial charge in [0.15, 0.2) is 0 Å². The Balaban J connectivity index is 1.05. The fourth-order valence-electron chi connectivity index (χ4n) is 5.38. The van der Waals surface area contributed by atoms with Gasteiger partial charge in [0.1, 0.15) is 12.3 Å². The van der Waals surface area contributed by atoms with Gasteiger partial charge < -0.3 is 20.4 Å². The van der Waals surface area contributed by atoms with Crippen LogP contribution in [0.4, 0.5) is 22.7 Å². The van der Waals surface area contributed by atoms with Gasteiger partial charge in [0, 0.05) is 25.5 Å². The average molecular weight is 477 g/mol. The summed E-state index contributed by atoms with van der Waals surface area (Å²) in [7, 11) is 0. The van der Waals surface area contributed by atoms with Crippen molar-refractivity contribution in [3.8, 4) is 0 Å². The number of aromatic nitrogens is 2. The van der Waals surface area contributed by atoms with E-state index < -0.39 is 0 Å². The van der Waals surface area contributed by atoms with Crippen LogP contribution < -0.4 is 20.4 Å². The Morgan fingerprint density at radius 2 is 0.972 bits per heavy atom. The molecule has 0 aliphatic carbocycles. The van der Waals surface area contributed by atoms with Crippen LogP contribution in [-0.4, -0.2) is 23.1 Å². The van der Waals surface area contributed by atoms with E-state index in [1.54, 1.807) is 0 Å². The van der Waals surface area contributed by atoms with Crippen molar-refractivity contribution in [2.75, 3.05) is 33.5 Å². The van der Waals surface area contributed by atoms with Gasteiger partial charge in [0.05, 0.1) is 34.1 Å². The number of nitrogens with one attached hydrogen (secondary N) is 2. The molecular formula is C30H32N6. The summed E-state index contributed by atoms with van der Waals surface area (Å²) < 4.78 is 0. The molecule has 0 saturated heterocycles. The monoisotopic (exact) mass is 476 g/mol. The Labute approximate surface area is 213 Å². The van der Waals surface area contributed by atoms with Crippen molar-refractivity contribution in [3.05, 3.63) is 109 Å². The predicted molar refractivity (Wildman–Crippen MR) is 147 cm³/mol. The summed E-state index contributed by atoms with van der Waals surface area (Å²) in [5.74, 6) is 0. The van der Waals surface area contributed by atoms with E-state index >= 15 is 0 Å². The van der Waals surface area contributed by atoms with Crippen LogP contribution in [0.25, 0.3) is 0 Å². The van der Waals surface area contributed by atoms with Gasteiger partial charge in [-0.1, -0.05) is 49.2 Å². The molecule has 2 aliphatic heterocycles. The molecule has 0 radical (unpaired) electrons. The lowest BCUT2D eigenvalue weighted by Gasteiger charge is -2.27. The molecule has 0 amide bonds. The van der Waals surface area contributed by atoms with Crippen LogP contribution >= 0.6 is 0 Å². The van der Waals surface area contributed by atoms with E-state index in [0.29, 0.717) is 0 Å². The Kier molecular flexibility index (Phi) is 6.40. The van der Waals surface area contributed by atoms with Gasteiger partial charge in [0.2, 0.25) is 0 Å². The molecule has 2 aliphatic rings. The molecule has 0 spiro atoms. The predicted octanol–water partition coefficient (Wildman–Crippen LogP) is 6.60. The van der Waals surface area contributed by atoms with Gasteiger partial charge in [-0.05, 0) is 61.4 Å². The molecule has 0 bridgehead atoms. The number of nitrogens with zero attached hydrogens (tertiary/aromatic N) is 4. The minimum atomic E-state index is 0.0925. The summed E-state index contributed by atoms with van der Waals surface area (Å²) in [6.45, 7) is 2.02. The lowest BCUT2D eigenvalue weighted by molar-refractivity contribution is 0.584. The summed E-state index contributed by atoms with van der Waals surface area (Å²) in [6.07, 6.45) is 8.64. The Morgan fingerprint density at radius 1 is 0.528 bits per heavy atom. The van der Waals surface area contributed by atoms with Crippen LogP contribution in [-0.2, 0) is 0 Å². The van der Waals surface area contributed by atoms with E-state index in [1.807, 2.05) is 24.5 Å². The van der Waals surface area contributed by atoms with Crippen molar-refractivity contribution in [3.63, 3.8) is 0 Å². The molecule has 6 nitrogen and oxygen atoms in total. The van der Waals surface area contributed by atoms with Crippen molar-refractivity contribution in [2.45, 2.75) is 38.0 Å². The highest BCUT2D eigenvalue weighted by Gasteiger charge is 2.31. The molecule has 2 atom stereocenters. The number of benzene rings is 2. The van der Waals surface area contributed by atoms with Gasteiger partial charge in [0.25, 0.3) is 0 Å². The highest BCUT2D eigenvalue weighted by molar-refractivity contribution is 5.77. The third-order valence-electron chi connectivity index (χ3n) is 7.12. The molecular weight excluding hydrogens is 444 g/mol. The van der Waals surface area contributed by atoms with Crippen LogP contribution in [0.1, 0.15) is 49.4 Å². The highest BCUT2D eigenvalue weighted by Crippen LogP contribution is 2.41. The number of anilines is 4. The molecule has 6 heteroatoms. The average Bonchev–Trinajstić information content (AvgIpc) is 3.50. The lowest BCUT2D eigenvalue weighted by atomic mass is 10.1. The Hall–Kier alpha value is -4.06. The van der Waals surface area contributed by atoms with E-state index in [9.17, 15) is 0 Å². The SMILES string of the molecule is c1ccc(C2Nc3ccccc3N2CCCCCCN2c3ccccc3NC2c2ccccn2)nc1. The number of fused-ring (bicyclic) bond motifs is 2. The Bertz CT molecular complexity index is 1180. The summed E-state index contributed by atoms with van der Waals surface area (Å²) >= 11 is 0. The maximum absolute atomic E-state index is 4.63. The van der Waals surface area contributed by atoms with Gasteiger partial charge in [-0.3, -0.25) is 9.97 Å². The fraction of sp³-hybridized carbons (Fsp3) is 0.267. The second kappa shape index (κ2) is 10.3. The molecule has 4 heterocycles. The second-order valence-corrected chi connectivity index (χ2v) is 9.44. The molecule has 2 unspecified atom stereocenters. The van der Waals surface area contributed by atoms with Gasteiger partial charge in [-0.2, -0.15) is 0 Å². The third-order valence-corrected chi connectivity index (χ3v) is 7.12. The number of pyridine rings is 2. The molecule has 6 rings (SSSR count). The molecule has 182 valence electrons. The van der Waals surface area contributed by atoms with Crippen LogP contribution in [0.15, 0.2) is 97.3 Å². The molecule has 36 heavy (non-hydrogen) atoms. The van der Waals surface area contributed by atoms with Crippen LogP contribution in [0.2, 0.25) is 0 Å². The van der Waals surface area contributed by atoms with Crippen molar-refractivity contribution in [1.82, 2.24) is 9.97 Å². The topological polar surface area (TPSA) is 56.3 Å². The number of hydrogen-bond donors (Lipinski definition) is 2. The first-order valence-electron chi connectivity index (χ1n) is 12.9. The number of para-hydroxylation sites is 4. The fourth-order valence-corrected chi connectivity index (χ4v) is 5.38. The summed E-state index contributed by atoms with van der Waals surface area (Å²) in [5, 5.41) is 7.33. The van der Waals surface area contributed by atoms with Crippen molar-refractivity contribution >= 4 is 22.7 Å². The Morgan fingerprint density at radius 3 is 1.42 bits per heavy atom. The maximum atomic E-state index is 4.63. The van der Waals surface area contributed by atoms with E-state index in [0.717, 1.165) is 37.3 Å². The van der Waals surface area contributed by atoms with Crippen LogP contribution in [0.3, 0.4) is 0 Å². The zero-order chi connectivity index (χ0) is 24.2. The standard InChI is InChI=1S/C30H32N6/c1(11-21-35-27-17-5-3-13-23(27)33-29(35)25-15-7-9-19-31-25)2-12-22-36-28-18-6-4-14-24(28)34-30(36)26-16-8-10-20-32-26/h3-10,13-20,29-30,33-34H,1-2,11-12,21-22H2. The summed E-state index contributed by atoms with van der Waals surface area (Å²) in [6, 6.07) is 29.4. The third kappa shape index (κ3) is 4.47. The van der Waals surface area contributed by atoms with Crippen LogP contribution in [0, 0.1) is 0 Å². The largest absolute Gasteiger partial charge is 0.359 e. The zero-order valence-corrected chi connectivity index (χ0v) is 20.4. The maximum Gasteiger partial charge on any atom is 0.143 e. The van der Waals surface area contributed by atoms with Crippen molar-refractivity contribution < 1.29 is 0 Å². The molecule has 2 N–H and O–H groups in total.